The first kappa shape index (κ1) is 16.2. The predicted molar refractivity (Wildman–Crippen MR) is 82.1 cm³/mol. The van der Waals surface area contributed by atoms with Crippen molar-refractivity contribution in [3.63, 3.8) is 0 Å². The Balaban J connectivity index is 2.07. The van der Waals surface area contributed by atoms with Gasteiger partial charge in [-0.1, -0.05) is 24.3 Å². The molecule has 0 saturated heterocycles. The van der Waals surface area contributed by atoms with Gasteiger partial charge < -0.3 is 0 Å². The summed E-state index contributed by atoms with van der Waals surface area (Å²) in [5.74, 6) is 0.267. The average molecular weight is 319 g/mol. The van der Waals surface area contributed by atoms with Gasteiger partial charge in [0.05, 0.1) is 17.4 Å². The van der Waals surface area contributed by atoms with Crippen LogP contribution in [0.15, 0.2) is 36.9 Å². The Kier molecular flexibility index (Phi) is 4.97. The second-order valence-corrected chi connectivity index (χ2v) is 7.76. The second kappa shape index (κ2) is 6.74. The van der Waals surface area contributed by atoms with Crippen molar-refractivity contribution in [2.24, 2.45) is 0 Å². The zero-order valence-corrected chi connectivity index (χ0v) is 13.2. The van der Waals surface area contributed by atoms with Crippen LogP contribution in [-0.2, 0) is 22.0 Å². The van der Waals surface area contributed by atoms with Crippen LogP contribution in [0.25, 0.3) is 0 Å². The first-order valence-corrected chi connectivity index (χ1v) is 8.54. The molecule has 0 N–H and O–H groups in total. The first-order chi connectivity index (χ1) is 10.4. The van der Waals surface area contributed by atoms with Crippen LogP contribution in [0.2, 0.25) is 0 Å². The van der Waals surface area contributed by atoms with Gasteiger partial charge in [0.1, 0.15) is 18.5 Å². The van der Waals surface area contributed by atoms with Crippen LogP contribution in [0, 0.1) is 0 Å². The lowest BCUT2D eigenvalue weighted by Gasteiger charge is -2.08. The fourth-order valence-corrected chi connectivity index (χ4v) is 2.78. The number of aromatic nitrogens is 3. The van der Waals surface area contributed by atoms with Crippen molar-refractivity contribution in [1.29, 1.82) is 0 Å². The summed E-state index contributed by atoms with van der Waals surface area (Å²) in [5.41, 5.74) is 1.18. The van der Waals surface area contributed by atoms with Crippen molar-refractivity contribution in [3.05, 3.63) is 53.9 Å². The molecule has 0 atom stereocenters. The number of ketones is 1. The number of Topliss-reactive ketones (excluding diaryl/α,β-unsaturated/α-hetero) is 1. The third kappa shape index (κ3) is 4.17. The third-order valence-corrected chi connectivity index (χ3v) is 5.40. The smallest absolute Gasteiger partial charge is 0.170 e. The Labute approximate surface area is 129 Å². The quantitative estimate of drug-likeness (QED) is 0.752. The molecule has 1 aromatic heterocycles. The molecule has 7 heteroatoms. The maximum atomic E-state index is 12.1. The highest BCUT2D eigenvalue weighted by Gasteiger charge is 2.17. The minimum atomic E-state index is -3.14. The molecule has 1 aromatic carbocycles. The second-order valence-electron chi connectivity index (χ2n) is 5.21. The van der Waals surface area contributed by atoms with Crippen LogP contribution in [0.1, 0.15) is 35.6 Å². The van der Waals surface area contributed by atoms with E-state index in [-0.39, 0.29) is 18.0 Å². The van der Waals surface area contributed by atoms with Gasteiger partial charge in [-0.15, -0.1) is 0 Å². The van der Waals surface area contributed by atoms with Gasteiger partial charge in [0.15, 0.2) is 15.6 Å². The molecule has 0 aliphatic carbocycles. The molecule has 22 heavy (non-hydrogen) atoms. The minimum absolute atomic E-state index is 0.0212. The van der Waals surface area contributed by atoms with E-state index in [1.807, 2.05) is 0 Å². The number of sulfone groups is 1. The normalized spacial score (nSPS) is 11.6. The number of hydrogen-bond donors (Lipinski definition) is 0. The molecule has 0 fully saturated rings. The highest BCUT2D eigenvalue weighted by molar-refractivity contribution is 7.91. The number of carbonyl (C=O) groups is 1. The van der Waals surface area contributed by atoms with E-state index in [1.165, 1.54) is 12.7 Å². The van der Waals surface area contributed by atoms with Gasteiger partial charge in [-0.3, -0.25) is 4.79 Å². The van der Waals surface area contributed by atoms with Crippen molar-refractivity contribution in [3.8, 4) is 0 Å². The van der Waals surface area contributed by atoms with Crippen molar-refractivity contribution >= 4 is 15.6 Å². The molecule has 0 amide bonds. The summed E-state index contributed by atoms with van der Waals surface area (Å²) in [7, 11) is -3.14. The van der Waals surface area contributed by atoms with Gasteiger partial charge in [-0.2, -0.15) is 0 Å². The third-order valence-electron chi connectivity index (χ3n) is 3.23. The molecule has 0 radical (unpaired) electrons. The molecular weight excluding hydrogens is 302 g/mol. The van der Waals surface area contributed by atoms with Crippen molar-refractivity contribution in [2.75, 3.05) is 0 Å². The monoisotopic (exact) mass is 319 g/mol. The average Bonchev–Trinajstić information content (AvgIpc) is 2.48. The van der Waals surface area contributed by atoms with E-state index in [2.05, 4.69) is 15.0 Å². The van der Waals surface area contributed by atoms with Crippen molar-refractivity contribution < 1.29 is 13.2 Å². The van der Waals surface area contributed by atoms with Crippen LogP contribution in [0.4, 0.5) is 0 Å². The Morgan fingerprint density at radius 2 is 1.68 bits per heavy atom. The molecule has 116 valence electrons. The summed E-state index contributed by atoms with van der Waals surface area (Å²) in [6, 6.07) is 6.60. The van der Waals surface area contributed by atoms with E-state index >= 15 is 0 Å². The van der Waals surface area contributed by atoms with Gasteiger partial charge in [-0.05, 0) is 19.4 Å². The van der Waals surface area contributed by atoms with Gasteiger partial charge in [-0.25, -0.2) is 23.4 Å². The highest BCUT2D eigenvalue weighted by atomic mass is 32.2. The van der Waals surface area contributed by atoms with E-state index in [1.54, 1.807) is 38.1 Å². The Bertz CT molecular complexity index is 741. The lowest BCUT2D eigenvalue weighted by atomic mass is 10.1. The Morgan fingerprint density at radius 3 is 2.23 bits per heavy atom. The first-order valence-electron chi connectivity index (χ1n) is 6.83. The zero-order valence-electron chi connectivity index (χ0n) is 12.4. The van der Waals surface area contributed by atoms with Crippen LogP contribution in [0.3, 0.4) is 0 Å². The van der Waals surface area contributed by atoms with Gasteiger partial charge >= 0.3 is 0 Å². The summed E-state index contributed by atoms with van der Waals surface area (Å²) >= 11 is 0. The number of carbonyl (C=O) groups excluding carboxylic acids is 1. The number of rotatable bonds is 6. The van der Waals surface area contributed by atoms with Crippen molar-refractivity contribution in [2.45, 2.75) is 31.3 Å². The summed E-state index contributed by atoms with van der Waals surface area (Å²) in [6.45, 7) is 3.31. The van der Waals surface area contributed by atoms with Crippen LogP contribution < -0.4 is 0 Å². The predicted octanol–water partition coefficient (Wildman–Crippen LogP) is 1.62. The SMILES string of the molecule is CC(C)S(=O)(=O)Cc1ccc(C(=O)Cc2ncncn2)cc1. The maximum absolute atomic E-state index is 12.1. The molecule has 0 bridgehead atoms. The largest absolute Gasteiger partial charge is 0.294 e. The lowest BCUT2D eigenvalue weighted by Crippen LogP contribution is -2.16. The van der Waals surface area contributed by atoms with E-state index in [0.29, 0.717) is 17.0 Å². The zero-order chi connectivity index (χ0) is 16.2. The molecule has 0 aliphatic heterocycles. The molecule has 2 aromatic rings. The molecule has 2 rings (SSSR count). The lowest BCUT2D eigenvalue weighted by molar-refractivity contribution is 0.0990. The number of hydrogen-bond acceptors (Lipinski definition) is 6. The molecule has 0 aliphatic rings. The molecule has 1 heterocycles. The van der Waals surface area contributed by atoms with Crippen LogP contribution in [0.5, 0.6) is 0 Å². The Hall–Kier alpha value is -2.15. The molecule has 6 nitrogen and oxygen atoms in total. The Morgan fingerprint density at radius 1 is 1.09 bits per heavy atom. The van der Waals surface area contributed by atoms with E-state index < -0.39 is 15.1 Å². The van der Waals surface area contributed by atoms with Crippen molar-refractivity contribution in [1.82, 2.24) is 15.0 Å². The fraction of sp³-hybridized carbons (Fsp3) is 0.333. The standard InChI is InChI=1S/C15H17N3O3S/c1-11(2)22(20,21)8-12-3-5-13(6-4-12)14(19)7-15-17-9-16-10-18-15/h3-6,9-11H,7-8H2,1-2H3. The van der Waals surface area contributed by atoms with Crippen LogP contribution >= 0.6 is 0 Å². The number of benzene rings is 1. The van der Waals surface area contributed by atoms with Gasteiger partial charge in [0.2, 0.25) is 0 Å². The summed E-state index contributed by atoms with van der Waals surface area (Å²) in [4.78, 5) is 23.6. The van der Waals surface area contributed by atoms with Crippen LogP contribution in [-0.4, -0.2) is 34.4 Å². The summed E-state index contributed by atoms with van der Waals surface area (Å²) < 4.78 is 23.7. The topological polar surface area (TPSA) is 89.9 Å². The van der Waals surface area contributed by atoms with E-state index in [9.17, 15) is 13.2 Å². The minimum Gasteiger partial charge on any atom is -0.294 e. The maximum Gasteiger partial charge on any atom is 0.170 e. The molecule has 0 unspecified atom stereocenters. The molecule has 0 spiro atoms. The highest BCUT2D eigenvalue weighted by Crippen LogP contribution is 2.13. The molecule has 0 saturated carbocycles. The van der Waals surface area contributed by atoms with E-state index in [4.69, 9.17) is 0 Å². The summed E-state index contributed by atoms with van der Waals surface area (Å²) in [5, 5.41) is -0.419. The molecular formula is C15H17N3O3S. The fourth-order valence-electron chi connectivity index (χ4n) is 1.79. The van der Waals surface area contributed by atoms with Gasteiger partial charge in [0, 0.05) is 5.56 Å². The number of nitrogens with zero attached hydrogens (tertiary/aromatic N) is 3. The van der Waals surface area contributed by atoms with Gasteiger partial charge in [0.25, 0.3) is 0 Å². The summed E-state index contributed by atoms with van der Waals surface area (Å²) in [6.07, 6.45) is 2.77. The van der Waals surface area contributed by atoms with E-state index in [0.717, 1.165) is 0 Å².